The van der Waals surface area contributed by atoms with Gasteiger partial charge in [0.05, 0.1) is 6.04 Å². The molecule has 0 spiro atoms. The molecule has 1 aliphatic heterocycles. The molecule has 122 valence electrons. The molecule has 1 unspecified atom stereocenters. The number of hydrogen-bond acceptors (Lipinski definition) is 3. The van der Waals surface area contributed by atoms with Crippen molar-refractivity contribution >= 4 is 5.91 Å². The van der Waals surface area contributed by atoms with Crippen LogP contribution >= 0.6 is 0 Å². The largest absolute Gasteiger partial charge is 0.352 e. The summed E-state index contributed by atoms with van der Waals surface area (Å²) in [7, 11) is 0. The molecule has 0 aliphatic carbocycles. The summed E-state index contributed by atoms with van der Waals surface area (Å²) in [5.74, 6) is -0.0534. The summed E-state index contributed by atoms with van der Waals surface area (Å²) in [6.45, 7) is 8.71. The summed E-state index contributed by atoms with van der Waals surface area (Å²) in [5.41, 5.74) is 7.20. The Labute approximate surface area is 133 Å². The van der Waals surface area contributed by atoms with Crippen molar-refractivity contribution in [1.29, 1.82) is 0 Å². The minimum atomic E-state index is -0.497. The maximum Gasteiger partial charge on any atom is 0.237 e. The second-order valence-electron chi connectivity index (χ2n) is 7.80. The molecule has 0 aromatic heterocycles. The van der Waals surface area contributed by atoms with Crippen LogP contribution in [0.2, 0.25) is 0 Å². The first-order valence-electron chi connectivity index (χ1n) is 8.06. The molecule has 4 nitrogen and oxygen atoms in total. The zero-order chi connectivity index (χ0) is 16.4. The topological polar surface area (TPSA) is 67.2 Å². The van der Waals surface area contributed by atoms with E-state index in [2.05, 4.69) is 38.3 Å². The van der Waals surface area contributed by atoms with Gasteiger partial charge in [0.25, 0.3) is 0 Å². The van der Waals surface area contributed by atoms with Gasteiger partial charge in [-0.3, -0.25) is 4.79 Å². The van der Waals surface area contributed by atoms with Crippen LogP contribution in [0.25, 0.3) is 0 Å². The van der Waals surface area contributed by atoms with Crippen LogP contribution in [0.5, 0.6) is 0 Å². The fourth-order valence-corrected chi connectivity index (χ4v) is 3.69. The molecule has 0 bridgehead atoms. The van der Waals surface area contributed by atoms with Crippen molar-refractivity contribution in [2.75, 3.05) is 0 Å². The highest BCUT2D eigenvalue weighted by Gasteiger charge is 2.38. The number of amides is 1. The molecule has 2 rings (SSSR count). The molecule has 1 aliphatic rings. The first kappa shape index (κ1) is 17.0. The van der Waals surface area contributed by atoms with E-state index in [1.54, 1.807) is 0 Å². The van der Waals surface area contributed by atoms with Crippen molar-refractivity contribution in [2.24, 2.45) is 5.73 Å². The highest BCUT2D eigenvalue weighted by molar-refractivity contribution is 5.82. The van der Waals surface area contributed by atoms with Crippen molar-refractivity contribution in [3.8, 4) is 0 Å². The van der Waals surface area contributed by atoms with Gasteiger partial charge in [-0.25, -0.2) is 0 Å². The van der Waals surface area contributed by atoms with Crippen LogP contribution in [0, 0.1) is 0 Å². The summed E-state index contributed by atoms with van der Waals surface area (Å²) >= 11 is 0. The number of rotatable bonds is 4. The van der Waals surface area contributed by atoms with Crippen molar-refractivity contribution in [3.05, 3.63) is 35.9 Å². The molecule has 4 heteroatoms. The fourth-order valence-electron chi connectivity index (χ4n) is 3.69. The number of nitrogens with two attached hydrogens (primary N) is 1. The smallest absolute Gasteiger partial charge is 0.237 e. The van der Waals surface area contributed by atoms with E-state index in [0.29, 0.717) is 6.42 Å². The van der Waals surface area contributed by atoms with Gasteiger partial charge in [0.1, 0.15) is 0 Å². The molecule has 1 saturated heterocycles. The maximum atomic E-state index is 12.4. The number of hydrogen-bond donors (Lipinski definition) is 3. The van der Waals surface area contributed by atoms with Crippen LogP contribution in [0.1, 0.15) is 46.1 Å². The van der Waals surface area contributed by atoms with Crippen LogP contribution in [-0.4, -0.2) is 29.1 Å². The van der Waals surface area contributed by atoms with E-state index in [-0.39, 0.29) is 23.0 Å². The zero-order valence-electron chi connectivity index (χ0n) is 14.1. The van der Waals surface area contributed by atoms with E-state index in [1.807, 2.05) is 30.3 Å². The SMILES string of the molecule is CC1(C)CC(NC(=O)C(N)Cc2ccccc2)CC(C)(C)N1. The Kier molecular flexibility index (Phi) is 4.93. The van der Waals surface area contributed by atoms with E-state index in [0.717, 1.165) is 18.4 Å². The number of piperidine rings is 1. The van der Waals surface area contributed by atoms with Crippen LogP contribution in [0.15, 0.2) is 30.3 Å². The summed E-state index contributed by atoms with van der Waals surface area (Å²) in [5, 5.41) is 6.77. The lowest BCUT2D eigenvalue weighted by Gasteiger charge is -2.46. The molecular formula is C18H29N3O. The van der Waals surface area contributed by atoms with Gasteiger partial charge in [-0.1, -0.05) is 30.3 Å². The van der Waals surface area contributed by atoms with Gasteiger partial charge in [-0.2, -0.15) is 0 Å². The molecule has 0 saturated carbocycles. The molecule has 4 N–H and O–H groups in total. The number of benzene rings is 1. The van der Waals surface area contributed by atoms with Crippen molar-refractivity contribution in [3.63, 3.8) is 0 Å². The minimum absolute atomic E-state index is 0.0171. The molecular weight excluding hydrogens is 274 g/mol. The summed E-state index contributed by atoms with van der Waals surface area (Å²) in [6, 6.07) is 9.58. The Bertz CT molecular complexity index is 494. The lowest BCUT2D eigenvalue weighted by atomic mass is 9.79. The lowest BCUT2D eigenvalue weighted by Crippen LogP contribution is -2.63. The Morgan fingerprint density at radius 2 is 1.77 bits per heavy atom. The standard InChI is InChI=1S/C18H29N3O/c1-17(2)11-14(12-18(3,4)21-17)20-16(22)15(19)10-13-8-6-5-7-9-13/h5-9,14-15,21H,10-12,19H2,1-4H3,(H,20,22). The molecule has 1 atom stereocenters. The Morgan fingerprint density at radius 3 is 2.32 bits per heavy atom. The van der Waals surface area contributed by atoms with Crippen molar-refractivity contribution in [2.45, 2.75) is 70.1 Å². The number of carbonyl (C=O) groups is 1. The third-order valence-corrected chi connectivity index (χ3v) is 4.17. The van der Waals surface area contributed by atoms with Gasteiger partial charge in [0, 0.05) is 17.1 Å². The van der Waals surface area contributed by atoms with Gasteiger partial charge in [0.2, 0.25) is 5.91 Å². The summed E-state index contributed by atoms with van der Waals surface area (Å²) in [6.07, 6.45) is 2.41. The van der Waals surface area contributed by atoms with E-state index in [4.69, 9.17) is 5.73 Å². The first-order chi connectivity index (χ1) is 10.2. The second-order valence-corrected chi connectivity index (χ2v) is 7.80. The third-order valence-electron chi connectivity index (χ3n) is 4.17. The van der Waals surface area contributed by atoms with Gasteiger partial charge in [0.15, 0.2) is 0 Å². The van der Waals surface area contributed by atoms with Gasteiger partial charge in [-0.05, 0) is 52.5 Å². The molecule has 1 fully saturated rings. The normalized spacial score (nSPS) is 22.0. The van der Waals surface area contributed by atoms with E-state index in [1.165, 1.54) is 0 Å². The van der Waals surface area contributed by atoms with Gasteiger partial charge >= 0.3 is 0 Å². The van der Waals surface area contributed by atoms with Gasteiger partial charge in [-0.15, -0.1) is 0 Å². The number of nitrogens with one attached hydrogen (secondary N) is 2. The molecule has 1 aromatic rings. The zero-order valence-corrected chi connectivity index (χ0v) is 14.1. The minimum Gasteiger partial charge on any atom is -0.352 e. The van der Waals surface area contributed by atoms with E-state index in [9.17, 15) is 4.79 Å². The lowest BCUT2D eigenvalue weighted by molar-refractivity contribution is -0.123. The molecule has 1 heterocycles. The predicted molar refractivity (Wildman–Crippen MR) is 90.6 cm³/mol. The Balaban J connectivity index is 1.93. The Morgan fingerprint density at radius 1 is 1.23 bits per heavy atom. The van der Waals surface area contributed by atoms with Crippen molar-refractivity contribution in [1.82, 2.24) is 10.6 Å². The Hall–Kier alpha value is -1.39. The molecule has 0 radical (unpaired) electrons. The first-order valence-corrected chi connectivity index (χ1v) is 8.06. The highest BCUT2D eigenvalue weighted by atomic mass is 16.2. The van der Waals surface area contributed by atoms with Crippen LogP contribution in [0.3, 0.4) is 0 Å². The average Bonchev–Trinajstić information content (AvgIpc) is 2.35. The van der Waals surface area contributed by atoms with Gasteiger partial charge < -0.3 is 16.4 Å². The fraction of sp³-hybridized carbons (Fsp3) is 0.611. The predicted octanol–water partition coefficient (Wildman–Crippen LogP) is 1.98. The average molecular weight is 303 g/mol. The monoisotopic (exact) mass is 303 g/mol. The summed E-state index contributed by atoms with van der Waals surface area (Å²) in [4.78, 5) is 12.4. The van der Waals surface area contributed by atoms with Crippen LogP contribution in [0.4, 0.5) is 0 Å². The third kappa shape index (κ3) is 4.82. The second kappa shape index (κ2) is 6.39. The number of carbonyl (C=O) groups excluding carboxylic acids is 1. The molecule has 22 heavy (non-hydrogen) atoms. The quantitative estimate of drug-likeness (QED) is 0.797. The van der Waals surface area contributed by atoms with Crippen LogP contribution in [-0.2, 0) is 11.2 Å². The maximum absolute atomic E-state index is 12.4. The summed E-state index contributed by atoms with van der Waals surface area (Å²) < 4.78 is 0. The molecule has 1 aromatic carbocycles. The van der Waals surface area contributed by atoms with E-state index >= 15 is 0 Å². The van der Waals surface area contributed by atoms with Crippen LogP contribution < -0.4 is 16.4 Å². The van der Waals surface area contributed by atoms with Crippen molar-refractivity contribution < 1.29 is 4.79 Å². The molecule has 1 amide bonds. The highest BCUT2D eigenvalue weighted by Crippen LogP contribution is 2.28. The van der Waals surface area contributed by atoms with E-state index < -0.39 is 6.04 Å².